The molecule has 0 aliphatic heterocycles. The minimum atomic E-state index is -1.22. The molecule has 0 bridgehead atoms. The van der Waals surface area contributed by atoms with Crippen molar-refractivity contribution in [1.82, 2.24) is 16.0 Å². The summed E-state index contributed by atoms with van der Waals surface area (Å²) >= 11 is 0. The fraction of sp³-hybridized carbons (Fsp3) is 0.414. The Morgan fingerprint density at radius 3 is 1.75 bits per heavy atom. The normalized spacial score (nSPS) is 14.6. The number of primary amides is 1. The molecule has 0 heterocycles. The van der Waals surface area contributed by atoms with Crippen LogP contribution in [0.3, 0.4) is 0 Å². The molecule has 2 aromatic carbocycles. The quantitative estimate of drug-likeness (QED) is 0.176. The number of rotatable bonds is 16. The third kappa shape index (κ3) is 10.5. The van der Waals surface area contributed by atoms with E-state index >= 15 is 0 Å². The average Bonchev–Trinajstić information content (AvgIpc) is 2.94. The molecule has 0 fully saturated rings. The predicted molar refractivity (Wildman–Crippen MR) is 150 cm³/mol. The number of hydrogen-bond acceptors (Lipinski definition) is 6. The zero-order chi connectivity index (χ0) is 29.7. The standard InChI is InChI=1S/C29H39N5O6/c1-3-18(2)25(34-26(36)21(30)14-15-24(31)35)28(38)32-22(16-19-10-6-4-7-11-19)27(37)33-23(29(39)40)17-20-12-8-5-9-13-20/h4-13,18,21-23,25H,3,14-17,30H2,1-2H3,(H2,31,35)(H,32,38)(H,33,37)(H,34,36)(H,39,40). The van der Waals surface area contributed by atoms with Crippen LogP contribution >= 0.6 is 0 Å². The average molecular weight is 554 g/mol. The molecule has 0 saturated heterocycles. The van der Waals surface area contributed by atoms with Gasteiger partial charge in [0.05, 0.1) is 6.04 Å². The molecule has 2 aromatic rings. The molecule has 0 aliphatic carbocycles. The van der Waals surface area contributed by atoms with E-state index in [4.69, 9.17) is 11.5 Å². The van der Waals surface area contributed by atoms with Gasteiger partial charge in [-0.1, -0.05) is 80.9 Å². The summed E-state index contributed by atoms with van der Waals surface area (Å²) in [5.41, 5.74) is 12.5. The van der Waals surface area contributed by atoms with Crippen molar-refractivity contribution in [3.63, 3.8) is 0 Å². The lowest BCUT2D eigenvalue weighted by atomic mass is 9.96. The topological polar surface area (TPSA) is 194 Å². The van der Waals surface area contributed by atoms with Gasteiger partial charge in [-0.2, -0.15) is 0 Å². The number of nitrogens with one attached hydrogen (secondary N) is 3. The van der Waals surface area contributed by atoms with Crippen molar-refractivity contribution < 1.29 is 29.1 Å². The SMILES string of the molecule is CCC(C)C(NC(=O)C(N)CCC(N)=O)C(=O)NC(Cc1ccccc1)C(=O)NC(Cc1ccccc1)C(=O)O. The van der Waals surface area contributed by atoms with Crippen molar-refractivity contribution >= 4 is 29.6 Å². The zero-order valence-electron chi connectivity index (χ0n) is 22.8. The second-order valence-electron chi connectivity index (χ2n) is 9.82. The predicted octanol–water partition coefficient (Wildman–Crippen LogP) is 0.650. The first kappa shape index (κ1) is 32.0. The van der Waals surface area contributed by atoms with Gasteiger partial charge < -0.3 is 32.5 Å². The fourth-order valence-corrected chi connectivity index (χ4v) is 4.03. The molecule has 5 atom stereocenters. The van der Waals surface area contributed by atoms with Gasteiger partial charge in [0, 0.05) is 19.3 Å². The molecule has 0 spiro atoms. The van der Waals surface area contributed by atoms with Crippen LogP contribution < -0.4 is 27.4 Å². The van der Waals surface area contributed by atoms with Crippen molar-refractivity contribution in [2.24, 2.45) is 17.4 Å². The van der Waals surface area contributed by atoms with Crippen LogP contribution in [0.15, 0.2) is 60.7 Å². The molecule has 40 heavy (non-hydrogen) atoms. The number of carbonyl (C=O) groups is 5. The molecule has 216 valence electrons. The van der Waals surface area contributed by atoms with E-state index in [1.54, 1.807) is 61.5 Å². The minimum Gasteiger partial charge on any atom is -0.480 e. The molecule has 11 nitrogen and oxygen atoms in total. The molecule has 5 unspecified atom stereocenters. The molecule has 0 saturated carbocycles. The van der Waals surface area contributed by atoms with Gasteiger partial charge in [0.1, 0.15) is 18.1 Å². The summed E-state index contributed by atoms with van der Waals surface area (Å²) in [6.45, 7) is 3.62. The Labute approximate surface area is 234 Å². The minimum absolute atomic E-state index is 0.0209. The third-order valence-corrected chi connectivity index (χ3v) is 6.64. The van der Waals surface area contributed by atoms with Crippen molar-refractivity contribution in [2.45, 2.75) is 70.1 Å². The van der Waals surface area contributed by atoms with Crippen molar-refractivity contribution in [1.29, 1.82) is 0 Å². The number of aliphatic carboxylic acids is 1. The Hall–Kier alpha value is -4.25. The molecule has 11 heteroatoms. The van der Waals surface area contributed by atoms with Crippen LogP contribution in [-0.4, -0.2) is 58.9 Å². The van der Waals surface area contributed by atoms with Crippen LogP contribution in [0.5, 0.6) is 0 Å². The van der Waals surface area contributed by atoms with E-state index < -0.39 is 53.8 Å². The fourth-order valence-electron chi connectivity index (χ4n) is 4.03. The van der Waals surface area contributed by atoms with Gasteiger partial charge in [0.25, 0.3) is 0 Å². The maximum atomic E-state index is 13.4. The van der Waals surface area contributed by atoms with E-state index in [9.17, 15) is 29.1 Å². The Kier molecular flexibility index (Phi) is 12.8. The second kappa shape index (κ2) is 16.0. The van der Waals surface area contributed by atoms with E-state index in [0.29, 0.717) is 6.42 Å². The van der Waals surface area contributed by atoms with Crippen LogP contribution in [0.1, 0.15) is 44.2 Å². The first-order chi connectivity index (χ1) is 19.0. The summed E-state index contributed by atoms with van der Waals surface area (Å²) in [7, 11) is 0. The van der Waals surface area contributed by atoms with Gasteiger partial charge in [-0.25, -0.2) is 4.79 Å². The Balaban J connectivity index is 2.24. The van der Waals surface area contributed by atoms with Crippen molar-refractivity contribution in [2.75, 3.05) is 0 Å². The van der Waals surface area contributed by atoms with Gasteiger partial charge in [0.15, 0.2) is 0 Å². The number of benzene rings is 2. The molecule has 2 rings (SSSR count). The highest BCUT2D eigenvalue weighted by Crippen LogP contribution is 2.12. The van der Waals surface area contributed by atoms with Gasteiger partial charge in [-0.3, -0.25) is 19.2 Å². The lowest BCUT2D eigenvalue weighted by molar-refractivity contribution is -0.142. The zero-order valence-corrected chi connectivity index (χ0v) is 22.8. The lowest BCUT2D eigenvalue weighted by Gasteiger charge is -2.28. The van der Waals surface area contributed by atoms with E-state index in [2.05, 4.69) is 16.0 Å². The maximum absolute atomic E-state index is 13.4. The summed E-state index contributed by atoms with van der Waals surface area (Å²) in [5.74, 6) is -4.04. The van der Waals surface area contributed by atoms with Crippen LogP contribution in [0, 0.1) is 5.92 Å². The monoisotopic (exact) mass is 553 g/mol. The largest absolute Gasteiger partial charge is 0.480 e. The van der Waals surface area contributed by atoms with Crippen LogP contribution in [0.2, 0.25) is 0 Å². The summed E-state index contributed by atoms with van der Waals surface area (Å²) in [5, 5.41) is 17.7. The molecule has 0 radical (unpaired) electrons. The third-order valence-electron chi connectivity index (χ3n) is 6.64. The summed E-state index contributed by atoms with van der Waals surface area (Å²) in [6.07, 6.45) is 0.621. The second-order valence-corrected chi connectivity index (χ2v) is 9.82. The molecule has 0 aromatic heterocycles. The number of carbonyl (C=O) groups excluding carboxylic acids is 4. The summed E-state index contributed by atoms with van der Waals surface area (Å²) in [6, 6.07) is 13.4. The molecular formula is C29H39N5O6. The van der Waals surface area contributed by atoms with Gasteiger partial charge in [0.2, 0.25) is 23.6 Å². The smallest absolute Gasteiger partial charge is 0.326 e. The first-order valence-corrected chi connectivity index (χ1v) is 13.3. The molecule has 8 N–H and O–H groups in total. The Morgan fingerprint density at radius 2 is 1.27 bits per heavy atom. The van der Waals surface area contributed by atoms with E-state index in [-0.39, 0.29) is 31.6 Å². The number of carboxylic acids is 1. The van der Waals surface area contributed by atoms with Crippen molar-refractivity contribution in [3.8, 4) is 0 Å². The lowest BCUT2D eigenvalue weighted by Crippen LogP contribution is -2.59. The van der Waals surface area contributed by atoms with Gasteiger partial charge in [-0.05, 0) is 23.5 Å². The van der Waals surface area contributed by atoms with Crippen LogP contribution in [0.25, 0.3) is 0 Å². The van der Waals surface area contributed by atoms with Crippen LogP contribution in [-0.2, 0) is 36.8 Å². The maximum Gasteiger partial charge on any atom is 0.326 e. The number of hydrogen-bond donors (Lipinski definition) is 6. The Bertz CT molecular complexity index is 1140. The van der Waals surface area contributed by atoms with Crippen molar-refractivity contribution in [3.05, 3.63) is 71.8 Å². The summed E-state index contributed by atoms with van der Waals surface area (Å²) < 4.78 is 0. The molecular weight excluding hydrogens is 514 g/mol. The highest BCUT2D eigenvalue weighted by molar-refractivity contribution is 5.94. The summed E-state index contributed by atoms with van der Waals surface area (Å²) in [4.78, 5) is 62.6. The van der Waals surface area contributed by atoms with E-state index in [1.165, 1.54) is 0 Å². The highest BCUT2D eigenvalue weighted by atomic mass is 16.4. The van der Waals surface area contributed by atoms with E-state index in [0.717, 1.165) is 11.1 Å². The number of nitrogens with two attached hydrogens (primary N) is 2. The molecule has 4 amide bonds. The first-order valence-electron chi connectivity index (χ1n) is 13.3. The highest BCUT2D eigenvalue weighted by Gasteiger charge is 2.32. The number of amides is 4. The van der Waals surface area contributed by atoms with Crippen LogP contribution in [0.4, 0.5) is 0 Å². The molecule has 0 aliphatic rings. The van der Waals surface area contributed by atoms with E-state index in [1.807, 2.05) is 13.0 Å². The van der Waals surface area contributed by atoms with Gasteiger partial charge in [-0.15, -0.1) is 0 Å². The Morgan fingerprint density at radius 1 is 0.775 bits per heavy atom. The number of carboxylic acid groups (broad SMARTS) is 1. The van der Waals surface area contributed by atoms with Gasteiger partial charge >= 0.3 is 5.97 Å².